The van der Waals surface area contributed by atoms with Crippen molar-refractivity contribution in [3.8, 4) is 17.2 Å². The number of nitrogens with zero attached hydrogens (tertiary/aromatic N) is 2. The SMILES string of the molecule is CCOc1cc2c(nc1C(=O)NC)C(=N)N(CC(=O)c1cc(OCC)c(OS(=O)(=O)COC(=O)C(F)(F)F)c(C(C)(C)C)c1)C2. The first kappa shape index (κ1) is 35.1. The number of carbonyl (C=O) groups is 3. The zero-order valence-corrected chi connectivity index (χ0v) is 26.2. The third kappa shape index (κ3) is 8.20. The highest BCUT2D eigenvalue weighted by molar-refractivity contribution is 7.86. The summed E-state index contributed by atoms with van der Waals surface area (Å²) in [6.07, 6.45) is -5.41. The van der Waals surface area contributed by atoms with Gasteiger partial charge in [0.05, 0.1) is 19.8 Å². The molecule has 246 valence electrons. The molecule has 0 bridgehead atoms. The number of benzene rings is 1. The molecule has 0 fully saturated rings. The number of pyridine rings is 1. The van der Waals surface area contributed by atoms with Crippen LogP contribution in [0.4, 0.5) is 13.2 Å². The predicted molar refractivity (Wildman–Crippen MR) is 153 cm³/mol. The number of carbonyl (C=O) groups excluding carboxylic acids is 3. The molecule has 0 unspecified atom stereocenters. The second-order valence-electron chi connectivity index (χ2n) is 10.7. The average Bonchev–Trinajstić information content (AvgIpc) is 3.24. The van der Waals surface area contributed by atoms with Gasteiger partial charge in [0.1, 0.15) is 11.5 Å². The van der Waals surface area contributed by atoms with Crippen molar-refractivity contribution in [2.24, 2.45) is 0 Å². The van der Waals surface area contributed by atoms with Crippen molar-refractivity contribution in [2.75, 3.05) is 32.7 Å². The molecule has 13 nitrogen and oxygen atoms in total. The van der Waals surface area contributed by atoms with Crippen LogP contribution in [0.1, 0.15) is 72.3 Å². The minimum absolute atomic E-state index is 0.00568. The quantitative estimate of drug-likeness (QED) is 0.195. The van der Waals surface area contributed by atoms with E-state index in [2.05, 4.69) is 15.0 Å². The van der Waals surface area contributed by atoms with Crippen LogP contribution in [-0.4, -0.2) is 80.7 Å². The maximum absolute atomic E-state index is 13.6. The number of esters is 1. The summed E-state index contributed by atoms with van der Waals surface area (Å²) in [6, 6.07) is 4.17. The largest absolute Gasteiger partial charge is 0.491 e. The Labute approximate surface area is 257 Å². The van der Waals surface area contributed by atoms with Gasteiger partial charge in [0, 0.05) is 30.3 Å². The third-order valence-corrected chi connectivity index (χ3v) is 7.13. The van der Waals surface area contributed by atoms with Gasteiger partial charge in [-0.1, -0.05) is 20.8 Å². The second kappa shape index (κ2) is 13.3. The molecule has 1 aliphatic heterocycles. The van der Waals surface area contributed by atoms with Gasteiger partial charge < -0.3 is 28.6 Å². The van der Waals surface area contributed by atoms with Crippen molar-refractivity contribution in [3.05, 3.63) is 46.3 Å². The van der Waals surface area contributed by atoms with Gasteiger partial charge in [0.2, 0.25) is 5.94 Å². The fraction of sp³-hybridized carbons (Fsp3) is 0.464. The first-order valence-electron chi connectivity index (χ1n) is 13.6. The maximum Gasteiger partial charge on any atom is 0.490 e. The highest BCUT2D eigenvalue weighted by Gasteiger charge is 2.42. The summed E-state index contributed by atoms with van der Waals surface area (Å²) in [5, 5.41) is 11.1. The van der Waals surface area contributed by atoms with E-state index in [0.29, 0.717) is 5.56 Å². The van der Waals surface area contributed by atoms with E-state index in [4.69, 9.17) is 19.1 Å². The Bertz CT molecular complexity index is 1620. The molecule has 1 aromatic carbocycles. The molecule has 2 heterocycles. The number of hydrogen-bond acceptors (Lipinski definition) is 11. The number of ether oxygens (including phenoxy) is 3. The molecule has 3 rings (SSSR count). The molecule has 0 atom stereocenters. The molecule has 1 amide bonds. The highest BCUT2D eigenvalue weighted by atomic mass is 32.2. The third-order valence-electron chi connectivity index (χ3n) is 6.31. The standard InChI is InChI=1S/C28H33F3N4O9S/c1-7-41-19-11-16-12-35(24(32)21(16)34-22(19)25(37)33-6)13-18(36)15-9-17(27(3,4)5)23(20(10-15)42-8-2)44-45(39,40)14-43-26(38)28(29,30)31/h9-11,32H,7-8,12-14H2,1-6H3,(H,33,37). The molecule has 1 aliphatic rings. The highest BCUT2D eigenvalue weighted by Crippen LogP contribution is 2.41. The van der Waals surface area contributed by atoms with Gasteiger partial charge in [-0.2, -0.15) is 21.6 Å². The Morgan fingerprint density at radius 1 is 1.04 bits per heavy atom. The molecular formula is C28H33F3N4O9S. The van der Waals surface area contributed by atoms with Crippen LogP contribution in [0.25, 0.3) is 0 Å². The number of aromatic nitrogens is 1. The average molecular weight is 659 g/mol. The van der Waals surface area contributed by atoms with Crippen LogP contribution in [0.15, 0.2) is 18.2 Å². The summed E-state index contributed by atoms with van der Waals surface area (Å²) in [6.45, 7) is 8.40. The van der Waals surface area contributed by atoms with Gasteiger partial charge >= 0.3 is 22.3 Å². The van der Waals surface area contributed by atoms with Gasteiger partial charge in [-0.15, -0.1) is 0 Å². The normalized spacial score (nSPS) is 13.3. The molecule has 0 saturated carbocycles. The fourth-order valence-electron chi connectivity index (χ4n) is 4.27. The number of halogens is 3. The number of alkyl halides is 3. The minimum atomic E-state index is -5.41. The molecule has 0 radical (unpaired) electrons. The fourth-order valence-corrected chi connectivity index (χ4v) is 4.99. The molecule has 0 aliphatic carbocycles. The van der Waals surface area contributed by atoms with Gasteiger partial charge in [-0.3, -0.25) is 15.0 Å². The van der Waals surface area contributed by atoms with Crippen molar-refractivity contribution >= 4 is 33.6 Å². The van der Waals surface area contributed by atoms with E-state index >= 15 is 0 Å². The van der Waals surface area contributed by atoms with Crippen molar-refractivity contribution in [1.29, 1.82) is 5.41 Å². The van der Waals surface area contributed by atoms with Crippen LogP contribution < -0.4 is 19.0 Å². The monoisotopic (exact) mass is 658 g/mol. The molecule has 45 heavy (non-hydrogen) atoms. The lowest BCUT2D eigenvalue weighted by atomic mass is 9.84. The van der Waals surface area contributed by atoms with Gasteiger partial charge in [-0.05, 0) is 37.5 Å². The number of amidine groups is 1. The number of rotatable bonds is 12. The number of ketones is 1. The van der Waals surface area contributed by atoms with Crippen LogP contribution in [0.2, 0.25) is 0 Å². The molecule has 1 aromatic heterocycles. The Morgan fingerprint density at radius 3 is 2.22 bits per heavy atom. The van der Waals surface area contributed by atoms with Crippen LogP contribution in [0.5, 0.6) is 17.2 Å². The Balaban J connectivity index is 1.95. The number of hydrogen-bond donors (Lipinski definition) is 2. The lowest BCUT2D eigenvalue weighted by Crippen LogP contribution is -2.31. The van der Waals surface area contributed by atoms with Gasteiger partial charge in [0.15, 0.2) is 28.7 Å². The smallest absolute Gasteiger partial charge is 0.490 e. The number of fused-ring (bicyclic) bond motifs is 1. The van der Waals surface area contributed by atoms with Crippen LogP contribution in [-0.2, 0) is 31.6 Å². The summed E-state index contributed by atoms with van der Waals surface area (Å²) in [7, 11) is -3.48. The van der Waals surface area contributed by atoms with Crippen molar-refractivity contribution < 1.29 is 54.4 Å². The second-order valence-corrected chi connectivity index (χ2v) is 12.2. The number of Topliss-reactive ketones (excluding diaryl/α,β-unsaturated/α-hetero) is 1. The molecule has 2 N–H and O–H groups in total. The van der Waals surface area contributed by atoms with E-state index in [0.717, 1.165) is 0 Å². The molecule has 0 saturated heterocycles. The van der Waals surface area contributed by atoms with Crippen LogP contribution in [0, 0.1) is 5.41 Å². The predicted octanol–water partition coefficient (Wildman–Crippen LogP) is 3.33. The molecule has 0 spiro atoms. The van der Waals surface area contributed by atoms with E-state index < -0.39 is 45.3 Å². The number of amides is 1. The van der Waals surface area contributed by atoms with Crippen LogP contribution >= 0.6 is 0 Å². The summed E-state index contributed by atoms with van der Waals surface area (Å²) in [5.74, 6) is -5.90. The van der Waals surface area contributed by atoms with Crippen LogP contribution in [0.3, 0.4) is 0 Å². The van der Waals surface area contributed by atoms with Gasteiger partial charge in [-0.25, -0.2) is 9.78 Å². The summed E-state index contributed by atoms with van der Waals surface area (Å²) >= 11 is 0. The van der Waals surface area contributed by atoms with E-state index in [9.17, 15) is 36.0 Å². The number of nitrogens with one attached hydrogen (secondary N) is 2. The minimum Gasteiger partial charge on any atom is -0.491 e. The first-order valence-corrected chi connectivity index (χ1v) is 15.1. The zero-order chi connectivity index (χ0) is 33.9. The Kier molecular flexibility index (Phi) is 10.4. The van der Waals surface area contributed by atoms with Crippen molar-refractivity contribution in [2.45, 2.75) is 52.8 Å². The van der Waals surface area contributed by atoms with E-state index in [1.54, 1.807) is 40.7 Å². The van der Waals surface area contributed by atoms with Gasteiger partial charge in [0.25, 0.3) is 5.91 Å². The molecule has 17 heteroatoms. The lowest BCUT2D eigenvalue weighted by Gasteiger charge is -2.25. The maximum atomic E-state index is 13.6. The van der Waals surface area contributed by atoms with Crippen molar-refractivity contribution in [3.63, 3.8) is 0 Å². The van der Waals surface area contributed by atoms with E-state index in [1.165, 1.54) is 24.1 Å². The Morgan fingerprint density at radius 2 is 1.67 bits per heavy atom. The summed E-state index contributed by atoms with van der Waals surface area (Å²) < 4.78 is 82.7. The zero-order valence-electron chi connectivity index (χ0n) is 25.4. The summed E-state index contributed by atoms with van der Waals surface area (Å²) in [4.78, 5) is 42.7. The van der Waals surface area contributed by atoms with E-state index in [1.807, 2.05) is 0 Å². The molecular weight excluding hydrogens is 625 g/mol. The topological polar surface area (TPSA) is 174 Å². The van der Waals surface area contributed by atoms with Crippen molar-refractivity contribution in [1.82, 2.24) is 15.2 Å². The Hall–Kier alpha value is -4.41. The van der Waals surface area contributed by atoms with E-state index in [-0.39, 0.29) is 71.9 Å². The summed E-state index contributed by atoms with van der Waals surface area (Å²) in [5.41, 5.74) is 0.0907. The first-order chi connectivity index (χ1) is 20.8. The lowest BCUT2D eigenvalue weighted by molar-refractivity contribution is -0.197. The molecule has 2 aromatic rings.